The van der Waals surface area contributed by atoms with Crippen molar-refractivity contribution in [3.05, 3.63) is 24.0 Å². The van der Waals surface area contributed by atoms with Crippen LogP contribution in [-0.2, 0) is 6.54 Å². The molecule has 100 valence electrons. The van der Waals surface area contributed by atoms with Crippen molar-refractivity contribution in [1.29, 1.82) is 0 Å². The molecular formula is C14H22N2O2. The number of aliphatic hydroxyl groups is 1. The lowest BCUT2D eigenvalue weighted by Crippen LogP contribution is -2.40. The summed E-state index contributed by atoms with van der Waals surface area (Å²) in [5.41, 5.74) is 0.331. The van der Waals surface area contributed by atoms with Gasteiger partial charge in [-0.1, -0.05) is 25.7 Å². The maximum absolute atomic E-state index is 10.5. The first kappa shape index (κ1) is 13.3. The van der Waals surface area contributed by atoms with Crippen molar-refractivity contribution in [3.63, 3.8) is 0 Å². The second-order valence-electron chi connectivity index (χ2n) is 5.25. The summed E-state index contributed by atoms with van der Waals surface area (Å²) in [6, 6.07) is 3.42. The van der Waals surface area contributed by atoms with Crippen molar-refractivity contribution in [2.45, 2.75) is 50.7 Å². The van der Waals surface area contributed by atoms with Crippen molar-refractivity contribution in [2.75, 3.05) is 6.54 Å². The van der Waals surface area contributed by atoms with Crippen LogP contribution in [0.4, 0.5) is 0 Å². The first-order chi connectivity index (χ1) is 8.68. The molecule has 1 aliphatic carbocycles. The Balaban J connectivity index is 1.78. The van der Waals surface area contributed by atoms with Crippen molar-refractivity contribution in [3.8, 4) is 5.75 Å². The average molecular weight is 250 g/mol. The van der Waals surface area contributed by atoms with E-state index in [2.05, 4.69) is 10.3 Å². The van der Waals surface area contributed by atoms with Gasteiger partial charge in [-0.25, -0.2) is 0 Å². The van der Waals surface area contributed by atoms with E-state index in [4.69, 9.17) is 5.11 Å². The largest absolute Gasteiger partial charge is 0.506 e. The van der Waals surface area contributed by atoms with E-state index in [1.54, 1.807) is 12.1 Å². The summed E-state index contributed by atoms with van der Waals surface area (Å²) in [4.78, 5) is 4.11. The minimum Gasteiger partial charge on any atom is -0.506 e. The molecule has 1 aliphatic rings. The maximum Gasteiger partial charge on any atom is 0.133 e. The van der Waals surface area contributed by atoms with Gasteiger partial charge in [-0.2, -0.15) is 0 Å². The highest BCUT2D eigenvalue weighted by Crippen LogP contribution is 2.26. The van der Waals surface area contributed by atoms with Gasteiger partial charge in [-0.15, -0.1) is 0 Å². The molecule has 1 heterocycles. The molecule has 0 aliphatic heterocycles. The molecule has 1 fully saturated rings. The minimum atomic E-state index is -0.548. The Hall–Kier alpha value is -1.13. The van der Waals surface area contributed by atoms with E-state index in [0.29, 0.717) is 13.1 Å². The third kappa shape index (κ3) is 3.96. The SMILES string of the molecule is Oc1ccc(CNCC2(O)CCCCCC2)nc1. The summed E-state index contributed by atoms with van der Waals surface area (Å²) in [5, 5.41) is 22.9. The molecule has 1 aromatic heterocycles. The van der Waals surface area contributed by atoms with Crippen LogP contribution in [0.3, 0.4) is 0 Å². The van der Waals surface area contributed by atoms with Gasteiger partial charge in [-0.05, 0) is 25.0 Å². The number of hydrogen-bond donors (Lipinski definition) is 3. The van der Waals surface area contributed by atoms with E-state index in [0.717, 1.165) is 31.4 Å². The van der Waals surface area contributed by atoms with Gasteiger partial charge in [0.25, 0.3) is 0 Å². The number of nitrogens with zero attached hydrogens (tertiary/aromatic N) is 1. The molecule has 4 nitrogen and oxygen atoms in total. The fourth-order valence-corrected chi connectivity index (χ4v) is 2.51. The number of pyridine rings is 1. The number of aromatic nitrogens is 1. The van der Waals surface area contributed by atoms with E-state index in [1.165, 1.54) is 19.0 Å². The Morgan fingerprint density at radius 3 is 2.50 bits per heavy atom. The lowest BCUT2D eigenvalue weighted by molar-refractivity contribution is 0.0250. The predicted molar refractivity (Wildman–Crippen MR) is 70.3 cm³/mol. The summed E-state index contributed by atoms with van der Waals surface area (Å²) < 4.78 is 0. The summed E-state index contributed by atoms with van der Waals surface area (Å²) in [6.07, 6.45) is 7.94. The normalized spacial score (nSPS) is 19.4. The summed E-state index contributed by atoms with van der Waals surface area (Å²) in [6.45, 7) is 1.25. The highest BCUT2D eigenvalue weighted by atomic mass is 16.3. The van der Waals surface area contributed by atoms with E-state index in [-0.39, 0.29) is 5.75 Å². The van der Waals surface area contributed by atoms with E-state index in [9.17, 15) is 5.11 Å². The van der Waals surface area contributed by atoms with Crippen molar-refractivity contribution in [1.82, 2.24) is 10.3 Å². The van der Waals surface area contributed by atoms with Gasteiger partial charge < -0.3 is 15.5 Å². The third-order valence-corrected chi connectivity index (χ3v) is 3.60. The fraction of sp³-hybridized carbons (Fsp3) is 0.643. The number of nitrogens with one attached hydrogen (secondary N) is 1. The minimum absolute atomic E-state index is 0.182. The smallest absolute Gasteiger partial charge is 0.133 e. The Morgan fingerprint density at radius 2 is 1.89 bits per heavy atom. The molecule has 0 unspecified atom stereocenters. The molecule has 0 aromatic carbocycles. The van der Waals surface area contributed by atoms with E-state index >= 15 is 0 Å². The highest BCUT2D eigenvalue weighted by molar-refractivity contribution is 5.17. The molecule has 0 amide bonds. The third-order valence-electron chi connectivity index (χ3n) is 3.60. The van der Waals surface area contributed by atoms with E-state index in [1.807, 2.05) is 0 Å². The zero-order valence-electron chi connectivity index (χ0n) is 10.7. The lowest BCUT2D eigenvalue weighted by Gasteiger charge is -2.26. The molecule has 4 heteroatoms. The topological polar surface area (TPSA) is 65.4 Å². The van der Waals surface area contributed by atoms with Crippen LogP contribution in [0.25, 0.3) is 0 Å². The van der Waals surface area contributed by atoms with Crippen LogP contribution >= 0.6 is 0 Å². The molecule has 3 N–H and O–H groups in total. The van der Waals surface area contributed by atoms with Crippen molar-refractivity contribution in [2.24, 2.45) is 0 Å². The van der Waals surface area contributed by atoms with Crippen molar-refractivity contribution >= 4 is 0 Å². The molecule has 0 saturated heterocycles. The van der Waals surface area contributed by atoms with Crippen LogP contribution in [0.5, 0.6) is 5.75 Å². The lowest BCUT2D eigenvalue weighted by atomic mass is 9.94. The summed E-state index contributed by atoms with van der Waals surface area (Å²) in [5.74, 6) is 0.182. The number of rotatable bonds is 4. The Labute approximate surface area is 108 Å². The van der Waals surface area contributed by atoms with Crippen LogP contribution in [0.1, 0.15) is 44.2 Å². The molecule has 2 rings (SSSR count). The predicted octanol–water partition coefficient (Wildman–Crippen LogP) is 1.96. The zero-order valence-corrected chi connectivity index (χ0v) is 10.7. The number of hydrogen-bond acceptors (Lipinski definition) is 4. The highest BCUT2D eigenvalue weighted by Gasteiger charge is 2.27. The van der Waals surface area contributed by atoms with Gasteiger partial charge in [0, 0.05) is 13.1 Å². The van der Waals surface area contributed by atoms with Crippen LogP contribution in [0.2, 0.25) is 0 Å². The van der Waals surface area contributed by atoms with Crippen LogP contribution < -0.4 is 5.32 Å². The summed E-state index contributed by atoms with van der Waals surface area (Å²) >= 11 is 0. The van der Waals surface area contributed by atoms with Gasteiger partial charge in [-0.3, -0.25) is 4.98 Å². The zero-order chi connectivity index (χ0) is 12.8. The molecule has 18 heavy (non-hydrogen) atoms. The number of aromatic hydroxyl groups is 1. The maximum atomic E-state index is 10.5. The quantitative estimate of drug-likeness (QED) is 0.715. The van der Waals surface area contributed by atoms with Gasteiger partial charge >= 0.3 is 0 Å². The van der Waals surface area contributed by atoms with Gasteiger partial charge in [0.2, 0.25) is 0 Å². The standard InChI is InChI=1S/C14H22N2O2/c17-13-6-5-12(16-10-13)9-15-11-14(18)7-3-1-2-4-8-14/h5-6,10,15,17-18H,1-4,7-9,11H2. The Morgan fingerprint density at radius 1 is 1.17 bits per heavy atom. The molecular weight excluding hydrogens is 228 g/mol. The monoisotopic (exact) mass is 250 g/mol. The molecule has 1 aromatic rings. The molecule has 0 bridgehead atoms. The molecule has 0 atom stereocenters. The van der Waals surface area contributed by atoms with Gasteiger partial charge in [0.15, 0.2) is 0 Å². The second-order valence-corrected chi connectivity index (χ2v) is 5.25. The fourth-order valence-electron chi connectivity index (χ4n) is 2.51. The first-order valence-corrected chi connectivity index (χ1v) is 6.75. The molecule has 0 radical (unpaired) electrons. The first-order valence-electron chi connectivity index (χ1n) is 6.75. The van der Waals surface area contributed by atoms with Crippen molar-refractivity contribution < 1.29 is 10.2 Å². The van der Waals surface area contributed by atoms with Crippen LogP contribution in [-0.4, -0.2) is 27.3 Å². The Bertz CT molecular complexity index is 357. The molecule has 1 saturated carbocycles. The Kier molecular flexibility index (Phi) is 4.55. The van der Waals surface area contributed by atoms with Gasteiger partial charge in [0.1, 0.15) is 5.75 Å². The van der Waals surface area contributed by atoms with Crippen LogP contribution in [0, 0.1) is 0 Å². The second kappa shape index (κ2) is 6.16. The van der Waals surface area contributed by atoms with E-state index < -0.39 is 5.60 Å². The summed E-state index contributed by atoms with van der Waals surface area (Å²) in [7, 11) is 0. The average Bonchev–Trinajstić information content (AvgIpc) is 2.57. The molecule has 0 spiro atoms. The van der Waals surface area contributed by atoms with Gasteiger partial charge in [0.05, 0.1) is 17.5 Å². The van der Waals surface area contributed by atoms with Crippen LogP contribution in [0.15, 0.2) is 18.3 Å².